The van der Waals surface area contributed by atoms with Gasteiger partial charge in [-0.25, -0.2) is 0 Å². The third-order valence-electron chi connectivity index (χ3n) is 1.84. The van der Waals surface area contributed by atoms with E-state index in [9.17, 15) is 0 Å². The smallest absolute Gasteiger partial charge is 0.0135 e. The summed E-state index contributed by atoms with van der Waals surface area (Å²) in [6.07, 6.45) is 0. The highest BCUT2D eigenvalue weighted by Crippen LogP contribution is 2.33. The molecule has 1 aliphatic heterocycles. The lowest BCUT2D eigenvalue weighted by atomic mass is 10.1. The summed E-state index contributed by atoms with van der Waals surface area (Å²) in [5.74, 6) is 6.49. The molecule has 0 amide bonds. The molecule has 52 valence electrons. The van der Waals surface area contributed by atoms with Crippen LogP contribution in [0.25, 0.3) is 0 Å². The molecule has 0 fully saturated rings. The largest absolute Gasteiger partial charge is 0.184 e. The van der Waals surface area contributed by atoms with Gasteiger partial charge in [0.05, 0.1) is 0 Å². The van der Waals surface area contributed by atoms with Crippen molar-refractivity contribution >= 4 is 16.4 Å². The van der Waals surface area contributed by atoms with Crippen LogP contribution >= 0.6 is 10.5 Å². The van der Waals surface area contributed by atoms with Gasteiger partial charge in [0.1, 0.15) is 0 Å². The lowest BCUT2D eigenvalue weighted by Gasteiger charge is -1.92. The first-order chi connectivity index (χ1) is 4.86. The molecular weight excluding hydrogens is 140 g/mol. The van der Waals surface area contributed by atoms with Crippen LogP contribution in [0.1, 0.15) is 11.1 Å². The first-order valence-electron chi connectivity index (χ1n) is 3.40. The van der Waals surface area contributed by atoms with E-state index in [4.69, 9.17) is 0 Å². The topological polar surface area (TPSA) is 0 Å². The molecule has 1 heterocycles. The predicted octanol–water partition coefficient (Wildman–Crippen LogP) is 2.40. The Morgan fingerprint density at radius 2 is 1.60 bits per heavy atom. The van der Waals surface area contributed by atoms with Crippen LogP contribution in [-0.4, -0.2) is 5.87 Å². The highest BCUT2D eigenvalue weighted by atomic mass is 32.2. The minimum atomic E-state index is 0.381. The van der Waals surface area contributed by atoms with Gasteiger partial charge in [0, 0.05) is 11.5 Å². The maximum absolute atomic E-state index is 4.08. The Labute approximate surface area is 63.8 Å². The van der Waals surface area contributed by atoms with Crippen molar-refractivity contribution in [3.63, 3.8) is 0 Å². The molecule has 0 spiro atoms. The predicted molar refractivity (Wildman–Crippen MR) is 48.6 cm³/mol. The second-order valence-corrected chi connectivity index (χ2v) is 4.47. The molecule has 0 radical (unpaired) electrons. The minimum absolute atomic E-state index is 0.381. The van der Waals surface area contributed by atoms with E-state index in [0.29, 0.717) is 10.5 Å². The minimum Gasteiger partial charge on any atom is -0.184 e. The van der Waals surface area contributed by atoms with Gasteiger partial charge < -0.3 is 0 Å². The van der Waals surface area contributed by atoms with E-state index in [0.717, 1.165) is 0 Å². The van der Waals surface area contributed by atoms with Crippen LogP contribution in [0.5, 0.6) is 0 Å². The first kappa shape index (κ1) is 6.17. The molecule has 0 unspecified atom stereocenters. The maximum Gasteiger partial charge on any atom is 0.0135 e. The molecule has 1 aliphatic rings. The van der Waals surface area contributed by atoms with Crippen molar-refractivity contribution in [2.45, 2.75) is 11.5 Å². The summed E-state index contributed by atoms with van der Waals surface area (Å²) in [6.45, 7) is 0. The second-order valence-electron chi connectivity index (χ2n) is 2.67. The number of benzene rings is 1. The Morgan fingerprint density at radius 3 is 2.10 bits per heavy atom. The summed E-state index contributed by atoms with van der Waals surface area (Å²) in [4.78, 5) is 0. The van der Waals surface area contributed by atoms with Crippen molar-refractivity contribution in [2.24, 2.45) is 0 Å². The number of rotatable bonds is 0. The van der Waals surface area contributed by atoms with Crippen LogP contribution in [0.4, 0.5) is 0 Å². The van der Waals surface area contributed by atoms with Crippen molar-refractivity contribution in [2.75, 3.05) is 0 Å². The molecule has 0 aliphatic carbocycles. The molecule has 1 aromatic carbocycles. The molecule has 0 aromatic heterocycles. The number of hydrogen-bond donors (Lipinski definition) is 0. The molecule has 0 saturated carbocycles. The van der Waals surface area contributed by atoms with Crippen molar-refractivity contribution in [1.82, 2.24) is 0 Å². The average Bonchev–Trinajstić information content (AvgIpc) is 2.27. The Bertz CT molecular complexity index is 249. The quantitative estimate of drug-likeness (QED) is 0.498. The summed E-state index contributed by atoms with van der Waals surface area (Å²) < 4.78 is 0. The molecule has 0 bridgehead atoms. The summed E-state index contributed by atoms with van der Waals surface area (Å²) in [5.41, 5.74) is 3.03. The average molecular weight is 150 g/mol. The highest BCUT2D eigenvalue weighted by Gasteiger charge is 2.10. The summed E-state index contributed by atoms with van der Waals surface area (Å²) >= 11 is 0. The van der Waals surface area contributed by atoms with Gasteiger partial charge in [-0.15, -0.1) is 0 Å². The fourth-order valence-electron chi connectivity index (χ4n) is 1.33. The van der Waals surface area contributed by atoms with E-state index in [1.165, 1.54) is 22.6 Å². The summed E-state index contributed by atoms with van der Waals surface area (Å²) in [6, 6.07) is 8.66. The fraction of sp³-hybridized carbons (Fsp3) is 0.222. The van der Waals surface area contributed by atoms with Crippen molar-refractivity contribution in [3.8, 4) is 0 Å². The zero-order valence-electron chi connectivity index (χ0n) is 5.84. The summed E-state index contributed by atoms with van der Waals surface area (Å²) in [5, 5.41) is 0. The Hall–Kier alpha value is -0.560. The van der Waals surface area contributed by atoms with Gasteiger partial charge in [0.2, 0.25) is 0 Å². The van der Waals surface area contributed by atoms with Gasteiger partial charge in [-0.1, -0.05) is 30.1 Å². The van der Waals surface area contributed by atoms with Crippen LogP contribution in [0.3, 0.4) is 0 Å². The highest BCUT2D eigenvalue weighted by molar-refractivity contribution is 8.12. The number of hydrogen-bond acceptors (Lipinski definition) is 0. The van der Waals surface area contributed by atoms with Gasteiger partial charge in [-0.2, -0.15) is 10.5 Å². The van der Waals surface area contributed by atoms with Gasteiger partial charge in [0.25, 0.3) is 0 Å². The third-order valence-corrected chi connectivity index (χ3v) is 3.28. The maximum atomic E-state index is 4.08. The first-order valence-corrected chi connectivity index (χ1v) is 5.13. The Morgan fingerprint density at radius 1 is 1.10 bits per heavy atom. The van der Waals surface area contributed by atoms with Crippen LogP contribution in [0, 0.1) is 0 Å². The second kappa shape index (κ2) is 2.24. The van der Waals surface area contributed by atoms with Gasteiger partial charge >= 0.3 is 0 Å². The molecule has 0 N–H and O–H groups in total. The molecule has 0 nitrogen and oxygen atoms in total. The van der Waals surface area contributed by atoms with Crippen LogP contribution in [0.2, 0.25) is 0 Å². The van der Waals surface area contributed by atoms with Crippen LogP contribution in [0.15, 0.2) is 24.3 Å². The SMILES string of the molecule is C=S1Cc2ccccc2C1. The van der Waals surface area contributed by atoms with Crippen molar-refractivity contribution in [3.05, 3.63) is 35.4 Å². The van der Waals surface area contributed by atoms with Gasteiger partial charge in [0.15, 0.2) is 0 Å². The lowest BCUT2D eigenvalue weighted by molar-refractivity contribution is 1.35. The zero-order valence-corrected chi connectivity index (χ0v) is 6.66. The molecule has 1 aromatic rings. The van der Waals surface area contributed by atoms with E-state index in [2.05, 4.69) is 30.1 Å². The molecule has 0 atom stereocenters. The van der Waals surface area contributed by atoms with E-state index >= 15 is 0 Å². The third kappa shape index (κ3) is 0.907. The normalized spacial score (nSPS) is 17.2. The van der Waals surface area contributed by atoms with Gasteiger partial charge in [-0.3, -0.25) is 0 Å². The zero-order chi connectivity index (χ0) is 6.97. The van der Waals surface area contributed by atoms with E-state index < -0.39 is 0 Å². The molecular formula is C9H10S. The standard InChI is InChI=1S/C9H10S/c1-10-6-8-4-2-3-5-9(8)7-10/h2-5H,1,6-7H2. The monoisotopic (exact) mass is 150 g/mol. The van der Waals surface area contributed by atoms with E-state index in [1.54, 1.807) is 0 Å². The number of fused-ring (bicyclic) bond motifs is 1. The molecule has 0 saturated heterocycles. The van der Waals surface area contributed by atoms with Crippen LogP contribution < -0.4 is 0 Å². The fourth-order valence-corrected chi connectivity index (χ4v) is 2.87. The molecule has 10 heavy (non-hydrogen) atoms. The van der Waals surface area contributed by atoms with Crippen molar-refractivity contribution < 1.29 is 0 Å². The Balaban J connectivity index is 2.51. The van der Waals surface area contributed by atoms with Gasteiger partial charge in [-0.05, 0) is 11.1 Å². The Kier molecular flexibility index (Phi) is 1.38. The molecule has 1 heteroatoms. The van der Waals surface area contributed by atoms with Crippen molar-refractivity contribution in [1.29, 1.82) is 0 Å². The van der Waals surface area contributed by atoms with E-state index in [-0.39, 0.29) is 0 Å². The lowest BCUT2D eigenvalue weighted by Crippen LogP contribution is -1.77. The molecule has 2 rings (SSSR count). The van der Waals surface area contributed by atoms with E-state index in [1.807, 2.05) is 0 Å². The van der Waals surface area contributed by atoms with Crippen LogP contribution in [-0.2, 0) is 11.5 Å². The summed E-state index contributed by atoms with van der Waals surface area (Å²) in [7, 11) is 0.381.